The lowest BCUT2D eigenvalue weighted by atomic mass is 9.80. The highest BCUT2D eigenvalue weighted by Gasteiger charge is 2.38. The Morgan fingerprint density at radius 1 is 1.29 bits per heavy atom. The second-order valence-corrected chi connectivity index (χ2v) is 7.80. The predicted molar refractivity (Wildman–Crippen MR) is 80.4 cm³/mol. The number of hydrogen-bond acceptors (Lipinski definition) is 5. The van der Waals surface area contributed by atoms with Crippen LogP contribution in [0.25, 0.3) is 0 Å². The molecule has 0 radical (unpaired) electrons. The highest BCUT2D eigenvalue weighted by Crippen LogP contribution is 2.34. The maximum absolute atomic E-state index is 12.4. The van der Waals surface area contributed by atoms with Gasteiger partial charge in [-0.25, -0.2) is 0 Å². The third-order valence-corrected chi connectivity index (χ3v) is 6.52. The monoisotopic (exact) mass is 318 g/mol. The minimum Gasteiger partial charge on any atom is -0.466 e. The van der Waals surface area contributed by atoms with Crippen molar-refractivity contribution in [1.82, 2.24) is 0 Å². The molecule has 1 unspecified atom stereocenters. The Labute approximate surface area is 128 Å². The van der Waals surface area contributed by atoms with Crippen LogP contribution in [-0.2, 0) is 25.1 Å². The first-order chi connectivity index (χ1) is 10.0. The molecular formula is C15H26O5S. The quantitative estimate of drug-likeness (QED) is 0.776. The Balaban J connectivity index is 1.81. The van der Waals surface area contributed by atoms with Crippen LogP contribution < -0.4 is 0 Å². The summed E-state index contributed by atoms with van der Waals surface area (Å²) in [6.07, 6.45) is 3.94. The molecule has 1 aliphatic carbocycles. The van der Waals surface area contributed by atoms with E-state index in [1.807, 2.05) is 0 Å². The van der Waals surface area contributed by atoms with Crippen LogP contribution in [0.1, 0.15) is 45.4 Å². The maximum Gasteiger partial charge on any atom is 0.308 e. The Bertz CT molecular complexity index is 370. The molecule has 0 spiro atoms. The summed E-state index contributed by atoms with van der Waals surface area (Å²) in [5.74, 6) is 0.0552. The van der Waals surface area contributed by atoms with Crippen molar-refractivity contribution in [3.05, 3.63) is 0 Å². The van der Waals surface area contributed by atoms with Gasteiger partial charge in [0, 0.05) is 29.3 Å². The van der Waals surface area contributed by atoms with Gasteiger partial charge in [0.05, 0.1) is 23.9 Å². The van der Waals surface area contributed by atoms with Crippen LogP contribution in [0.5, 0.6) is 0 Å². The highest BCUT2D eigenvalue weighted by molar-refractivity contribution is 7.85. The fourth-order valence-electron chi connectivity index (χ4n) is 3.12. The Morgan fingerprint density at radius 2 is 1.90 bits per heavy atom. The molecule has 2 rings (SSSR count). The van der Waals surface area contributed by atoms with Crippen LogP contribution >= 0.6 is 0 Å². The first kappa shape index (κ1) is 16.9. The Hall–Kier alpha value is -0.460. The first-order valence-electron chi connectivity index (χ1n) is 7.88. The SMILES string of the molecule is CCOC(=O)C1CCC(O)(CS(=O)C2CCOCC2)CC1. The van der Waals surface area contributed by atoms with Gasteiger partial charge in [-0.15, -0.1) is 0 Å². The highest BCUT2D eigenvalue weighted by atomic mass is 32.2. The van der Waals surface area contributed by atoms with E-state index >= 15 is 0 Å². The molecule has 6 heteroatoms. The molecule has 1 heterocycles. The van der Waals surface area contributed by atoms with E-state index in [1.54, 1.807) is 6.92 Å². The van der Waals surface area contributed by atoms with Crippen LogP contribution in [0.4, 0.5) is 0 Å². The fraction of sp³-hybridized carbons (Fsp3) is 0.933. The van der Waals surface area contributed by atoms with Crippen molar-refractivity contribution >= 4 is 16.8 Å². The number of esters is 1. The predicted octanol–water partition coefficient (Wildman–Crippen LogP) is 1.40. The van der Waals surface area contributed by atoms with Crippen molar-refractivity contribution in [3.63, 3.8) is 0 Å². The minimum atomic E-state index is -1.01. The third-order valence-electron chi connectivity index (χ3n) is 4.49. The van der Waals surface area contributed by atoms with Gasteiger partial charge in [0.25, 0.3) is 0 Å². The molecule has 1 saturated heterocycles. The number of ether oxygens (including phenoxy) is 2. The topological polar surface area (TPSA) is 72.8 Å². The molecule has 5 nitrogen and oxygen atoms in total. The van der Waals surface area contributed by atoms with E-state index in [1.165, 1.54) is 0 Å². The molecule has 0 bridgehead atoms. The van der Waals surface area contributed by atoms with E-state index in [0.29, 0.717) is 51.3 Å². The summed E-state index contributed by atoms with van der Waals surface area (Å²) in [4.78, 5) is 11.7. The van der Waals surface area contributed by atoms with Gasteiger partial charge in [-0.1, -0.05) is 0 Å². The van der Waals surface area contributed by atoms with Gasteiger partial charge in [-0.05, 0) is 45.4 Å². The van der Waals surface area contributed by atoms with E-state index in [4.69, 9.17) is 9.47 Å². The molecule has 0 aromatic rings. The molecule has 21 heavy (non-hydrogen) atoms. The molecule has 0 aromatic heterocycles. The van der Waals surface area contributed by atoms with Gasteiger partial charge in [-0.3, -0.25) is 9.00 Å². The molecule has 1 N–H and O–H groups in total. The Morgan fingerprint density at radius 3 is 2.48 bits per heavy atom. The van der Waals surface area contributed by atoms with E-state index in [-0.39, 0.29) is 17.1 Å². The number of aliphatic hydroxyl groups is 1. The smallest absolute Gasteiger partial charge is 0.308 e. The van der Waals surface area contributed by atoms with Crippen molar-refractivity contribution in [2.45, 2.75) is 56.3 Å². The van der Waals surface area contributed by atoms with Crippen LogP contribution in [-0.4, -0.2) is 51.7 Å². The largest absolute Gasteiger partial charge is 0.466 e. The van der Waals surface area contributed by atoms with Gasteiger partial charge in [0.2, 0.25) is 0 Å². The molecule has 1 aliphatic heterocycles. The van der Waals surface area contributed by atoms with Crippen molar-refractivity contribution in [2.75, 3.05) is 25.6 Å². The zero-order valence-corrected chi connectivity index (χ0v) is 13.5. The minimum absolute atomic E-state index is 0.109. The van der Waals surface area contributed by atoms with Gasteiger partial charge in [0.1, 0.15) is 0 Å². The lowest BCUT2D eigenvalue weighted by molar-refractivity contribution is -0.150. The van der Waals surface area contributed by atoms with E-state index in [2.05, 4.69) is 0 Å². The van der Waals surface area contributed by atoms with Gasteiger partial charge < -0.3 is 14.6 Å². The van der Waals surface area contributed by atoms with Crippen molar-refractivity contribution in [1.29, 1.82) is 0 Å². The maximum atomic E-state index is 12.4. The lowest BCUT2D eigenvalue weighted by Gasteiger charge is -2.36. The van der Waals surface area contributed by atoms with Crippen molar-refractivity contribution in [3.8, 4) is 0 Å². The number of rotatable bonds is 5. The van der Waals surface area contributed by atoms with Gasteiger partial charge in [-0.2, -0.15) is 0 Å². The average molecular weight is 318 g/mol. The number of carbonyl (C=O) groups excluding carboxylic acids is 1. The summed E-state index contributed by atoms with van der Waals surface area (Å²) in [5.41, 5.74) is -0.883. The molecule has 2 fully saturated rings. The van der Waals surface area contributed by atoms with Crippen molar-refractivity contribution in [2.24, 2.45) is 5.92 Å². The molecule has 0 aromatic carbocycles. The summed E-state index contributed by atoms with van der Waals surface area (Å²) in [5, 5.41) is 10.8. The van der Waals surface area contributed by atoms with E-state index in [9.17, 15) is 14.1 Å². The average Bonchev–Trinajstić information content (AvgIpc) is 2.48. The molecular weight excluding hydrogens is 292 g/mol. The van der Waals surface area contributed by atoms with Crippen molar-refractivity contribution < 1.29 is 23.6 Å². The van der Waals surface area contributed by atoms with Crippen LogP contribution in [0.3, 0.4) is 0 Å². The Kier molecular flexibility index (Phi) is 6.20. The molecule has 0 amide bonds. The second-order valence-electron chi connectivity index (χ2n) is 6.09. The molecule has 1 atom stereocenters. The second kappa shape index (κ2) is 7.70. The molecule has 2 aliphatic rings. The molecule has 122 valence electrons. The van der Waals surface area contributed by atoms with Crippen LogP contribution in [0.15, 0.2) is 0 Å². The first-order valence-corrected chi connectivity index (χ1v) is 9.26. The van der Waals surface area contributed by atoms with Crippen LogP contribution in [0.2, 0.25) is 0 Å². The lowest BCUT2D eigenvalue weighted by Crippen LogP contribution is -2.43. The summed E-state index contributed by atoms with van der Waals surface area (Å²) >= 11 is 0. The summed E-state index contributed by atoms with van der Waals surface area (Å²) in [6, 6.07) is 0. The summed E-state index contributed by atoms with van der Waals surface area (Å²) in [6.45, 7) is 3.53. The summed E-state index contributed by atoms with van der Waals surface area (Å²) in [7, 11) is -1.01. The van der Waals surface area contributed by atoms with Crippen LogP contribution in [0, 0.1) is 5.92 Å². The summed E-state index contributed by atoms with van der Waals surface area (Å²) < 4.78 is 22.7. The standard InChI is InChI=1S/C15H26O5S/c1-2-20-14(16)12-3-7-15(17,8-4-12)11-21(18)13-5-9-19-10-6-13/h12-13,17H,2-11H2,1H3. The van der Waals surface area contributed by atoms with Gasteiger partial charge in [0.15, 0.2) is 0 Å². The van der Waals surface area contributed by atoms with E-state index < -0.39 is 16.4 Å². The zero-order chi connectivity index (χ0) is 15.3. The third kappa shape index (κ3) is 4.76. The van der Waals surface area contributed by atoms with E-state index in [0.717, 1.165) is 12.8 Å². The normalized spacial score (nSPS) is 32.6. The number of carbonyl (C=O) groups is 1. The number of hydrogen-bond donors (Lipinski definition) is 1. The zero-order valence-electron chi connectivity index (χ0n) is 12.7. The fourth-order valence-corrected chi connectivity index (χ4v) is 4.89. The molecule has 1 saturated carbocycles. The van der Waals surface area contributed by atoms with Gasteiger partial charge >= 0.3 is 5.97 Å².